The summed E-state index contributed by atoms with van der Waals surface area (Å²) in [4.78, 5) is 25.5. The zero-order valence-corrected chi connectivity index (χ0v) is 19.0. The number of carbonyl (C=O) groups excluding carboxylic acids is 2. The van der Waals surface area contributed by atoms with Crippen LogP contribution in [0, 0.1) is 11.8 Å². The van der Waals surface area contributed by atoms with E-state index in [9.17, 15) is 9.59 Å². The minimum Gasteiger partial charge on any atom is -0.462 e. The maximum Gasteiger partial charge on any atom is 0.338 e. The third kappa shape index (κ3) is 8.13. The van der Waals surface area contributed by atoms with Crippen LogP contribution < -0.4 is 0 Å². The highest BCUT2D eigenvalue weighted by molar-refractivity contribution is 7.94. The Bertz CT molecular complexity index is 656. The number of hydrogen-bond acceptors (Lipinski definition) is 7. The van der Waals surface area contributed by atoms with Gasteiger partial charge < -0.3 is 9.47 Å². The van der Waals surface area contributed by atoms with Gasteiger partial charge in [0.05, 0.1) is 36.4 Å². The van der Waals surface area contributed by atoms with Crippen LogP contribution in [-0.4, -0.2) is 30.4 Å². The molecule has 0 bridgehead atoms. The second-order valence-corrected chi connectivity index (χ2v) is 9.55. The van der Waals surface area contributed by atoms with Crippen LogP contribution >= 0.6 is 12.0 Å². The molecule has 0 atom stereocenters. The predicted octanol–water partition coefficient (Wildman–Crippen LogP) is 6.44. The summed E-state index contributed by atoms with van der Waals surface area (Å²) in [5.41, 5.74) is 0.509. The smallest absolute Gasteiger partial charge is 0.338 e. The highest BCUT2D eigenvalue weighted by Gasteiger charge is 2.19. The summed E-state index contributed by atoms with van der Waals surface area (Å²) in [7, 11) is 0. The van der Waals surface area contributed by atoms with Gasteiger partial charge in [0.2, 0.25) is 0 Å². The molecule has 1 aromatic carbocycles. The van der Waals surface area contributed by atoms with Crippen molar-refractivity contribution in [2.24, 2.45) is 11.8 Å². The highest BCUT2D eigenvalue weighted by atomic mass is 32.2. The van der Waals surface area contributed by atoms with Crippen molar-refractivity contribution in [3.63, 3.8) is 0 Å². The Morgan fingerprint density at radius 2 is 1.23 bits per heavy atom. The molecule has 2 aliphatic carbocycles. The van der Waals surface area contributed by atoms with Gasteiger partial charge in [-0.3, -0.25) is 0 Å². The summed E-state index contributed by atoms with van der Waals surface area (Å²) in [6.07, 6.45) is 14.2. The molecule has 0 unspecified atom stereocenters. The summed E-state index contributed by atoms with van der Waals surface area (Å²) in [5, 5.41) is 8.78. The number of ether oxygens (including phenoxy) is 2. The van der Waals surface area contributed by atoms with Crippen molar-refractivity contribution in [1.82, 2.24) is 0 Å². The van der Waals surface area contributed by atoms with E-state index >= 15 is 0 Å². The maximum atomic E-state index is 12.6. The molecule has 2 saturated carbocycles. The number of esters is 2. The normalized spacial score (nSPS) is 18.0. The van der Waals surface area contributed by atoms with Crippen molar-refractivity contribution >= 4 is 24.0 Å². The van der Waals surface area contributed by atoms with Crippen molar-refractivity contribution in [3.05, 3.63) is 29.3 Å². The van der Waals surface area contributed by atoms with Gasteiger partial charge in [-0.15, -0.1) is 0 Å². The average molecular weight is 451 g/mol. The SMILES string of the molecule is O=C(OCCC1CCCCC1)c1cc(SOO)cc(C(=O)OCCC2CCCCC2)c1. The number of benzene rings is 1. The molecular weight excluding hydrogens is 416 g/mol. The van der Waals surface area contributed by atoms with E-state index in [1.165, 1.54) is 70.3 Å². The van der Waals surface area contributed by atoms with E-state index in [2.05, 4.69) is 4.33 Å². The van der Waals surface area contributed by atoms with E-state index in [4.69, 9.17) is 14.7 Å². The van der Waals surface area contributed by atoms with Crippen LogP contribution in [0.1, 0.15) is 97.8 Å². The van der Waals surface area contributed by atoms with Gasteiger partial charge in [-0.05, 0) is 42.9 Å². The second kappa shape index (κ2) is 13.1. The second-order valence-electron chi connectivity index (χ2n) is 8.76. The minimum absolute atomic E-state index is 0.255. The zero-order valence-electron chi connectivity index (χ0n) is 18.2. The Labute approximate surface area is 189 Å². The molecule has 0 radical (unpaired) electrons. The number of carbonyl (C=O) groups is 2. The summed E-state index contributed by atoms with van der Waals surface area (Å²) < 4.78 is 15.0. The Morgan fingerprint density at radius 3 is 1.65 bits per heavy atom. The molecule has 0 aromatic heterocycles. The van der Waals surface area contributed by atoms with Crippen molar-refractivity contribution in [3.8, 4) is 0 Å². The Kier molecular flexibility index (Phi) is 10.2. The van der Waals surface area contributed by atoms with Crippen molar-refractivity contribution < 1.29 is 28.7 Å². The van der Waals surface area contributed by atoms with Gasteiger partial charge in [-0.25, -0.2) is 14.8 Å². The Morgan fingerprint density at radius 1 is 0.774 bits per heavy atom. The van der Waals surface area contributed by atoms with Gasteiger partial charge in [0.25, 0.3) is 0 Å². The Hall–Kier alpha value is -1.57. The summed E-state index contributed by atoms with van der Waals surface area (Å²) >= 11 is 0.672. The quantitative estimate of drug-likeness (QED) is 0.190. The van der Waals surface area contributed by atoms with Crippen molar-refractivity contribution in [2.45, 2.75) is 81.9 Å². The van der Waals surface area contributed by atoms with Crippen LogP contribution in [0.3, 0.4) is 0 Å². The summed E-state index contributed by atoms with van der Waals surface area (Å²) in [5.74, 6) is 0.293. The first-order valence-electron chi connectivity index (χ1n) is 11.6. The fourth-order valence-corrected chi connectivity index (χ4v) is 5.12. The molecule has 0 spiro atoms. The van der Waals surface area contributed by atoms with Gasteiger partial charge >= 0.3 is 11.9 Å². The van der Waals surface area contributed by atoms with Crippen LogP contribution in [0.15, 0.2) is 23.1 Å². The average Bonchev–Trinajstić information content (AvgIpc) is 2.80. The first kappa shape index (κ1) is 24.1. The van der Waals surface area contributed by atoms with Crippen molar-refractivity contribution in [1.29, 1.82) is 0 Å². The third-order valence-corrected chi connectivity index (χ3v) is 6.98. The lowest BCUT2D eigenvalue weighted by Gasteiger charge is -2.21. The monoisotopic (exact) mass is 450 g/mol. The summed E-state index contributed by atoms with van der Waals surface area (Å²) in [6.45, 7) is 0.747. The maximum absolute atomic E-state index is 12.6. The first-order chi connectivity index (χ1) is 15.2. The fraction of sp³-hybridized carbons (Fsp3) is 0.667. The molecule has 172 valence electrons. The van der Waals surface area contributed by atoms with E-state index < -0.39 is 11.9 Å². The van der Waals surface area contributed by atoms with Crippen LogP contribution in [0.5, 0.6) is 0 Å². The topological polar surface area (TPSA) is 82.1 Å². The first-order valence-corrected chi connectivity index (χ1v) is 12.4. The van der Waals surface area contributed by atoms with E-state index in [1.807, 2.05) is 0 Å². The zero-order chi connectivity index (χ0) is 21.9. The molecular formula is C24H34O6S. The van der Waals surface area contributed by atoms with Crippen LogP contribution in [0.25, 0.3) is 0 Å². The van der Waals surface area contributed by atoms with Gasteiger partial charge in [0.15, 0.2) is 0 Å². The number of rotatable bonds is 10. The summed E-state index contributed by atoms with van der Waals surface area (Å²) in [6, 6.07) is 4.58. The predicted molar refractivity (Wildman–Crippen MR) is 119 cm³/mol. The van der Waals surface area contributed by atoms with Crippen LogP contribution in [0.4, 0.5) is 0 Å². The molecule has 2 fully saturated rings. The van der Waals surface area contributed by atoms with Gasteiger partial charge in [0, 0.05) is 4.90 Å². The van der Waals surface area contributed by atoms with Gasteiger partial charge in [-0.2, -0.15) is 4.33 Å². The van der Waals surface area contributed by atoms with Crippen LogP contribution in [-0.2, 0) is 13.8 Å². The molecule has 7 heteroatoms. The number of hydrogen-bond donors (Lipinski definition) is 1. The molecule has 31 heavy (non-hydrogen) atoms. The van der Waals surface area contributed by atoms with E-state index in [-0.39, 0.29) is 11.1 Å². The van der Waals surface area contributed by atoms with Crippen molar-refractivity contribution in [2.75, 3.05) is 13.2 Å². The van der Waals surface area contributed by atoms with E-state index in [1.54, 1.807) is 12.1 Å². The molecule has 6 nitrogen and oxygen atoms in total. The lowest BCUT2D eigenvalue weighted by atomic mass is 9.87. The molecule has 1 N–H and O–H groups in total. The van der Waals surface area contributed by atoms with E-state index in [0.717, 1.165) is 12.8 Å². The van der Waals surface area contributed by atoms with Gasteiger partial charge in [0.1, 0.15) is 0 Å². The molecule has 3 rings (SSSR count). The largest absolute Gasteiger partial charge is 0.462 e. The van der Waals surface area contributed by atoms with Crippen LogP contribution in [0.2, 0.25) is 0 Å². The highest BCUT2D eigenvalue weighted by Crippen LogP contribution is 2.28. The lowest BCUT2D eigenvalue weighted by molar-refractivity contribution is -0.116. The molecule has 2 aliphatic rings. The molecule has 1 aromatic rings. The van der Waals surface area contributed by atoms with Gasteiger partial charge in [-0.1, -0.05) is 64.2 Å². The minimum atomic E-state index is -0.479. The lowest BCUT2D eigenvalue weighted by Crippen LogP contribution is -2.14. The third-order valence-electron chi connectivity index (χ3n) is 6.48. The molecule has 0 amide bonds. The standard InChI is InChI=1S/C24H34O6S/c25-23(28-13-11-18-7-3-1-4-8-18)20-15-21(17-22(16-20)31-30-27)24(26)29-14-12-19-9-5-2-6-10-19/h15-19,27H,1-14H2. The fourth-order valence-electron chi connectivity index (χ4n) is 4.68. The Balaban J connectivity index is 1.54. The molecule has 0 saturated heterocycles. The molecule has 0 heterocycles. The molecule has 0 aliphatic heterocycles. The van der Waals surface area contributed by atoms with E-state index in [0.29, 0.717) is 42.0 Å².